The summed E-state index contributed by atoms with van der Waals surface area (Å²) in [5.41, 5.74) is 0. The van der Waals surface area contributed by atoms with E-state index in [-0.39, 0.29) is 0 Å². The van der Waals surface area contributed by atoms with Gasteiger partial charge in [-0.05, 0) is 63.4 Å². The minimum absolute atomic E-state index is 0.829. The van der Waals surface area contributed by atoms with Crippen molar-refractivity contribution >= 4 is 11.8 Å². The predicted octanol–water partition coefficient (Wildman–Crippen LogP) is 3.24. The van der Waals surface area contributed by atoms with E-state index in [2.05, 4.69) is 40.5 Å². The largest absolute Gasteiger partial charge is 0.314 e. The van der Waals surface area contributed by atoms with Gasteiger partial charge in [0.05, 0.1) is 0 Å². The van der Waals surface area contributed by atoms with Gasteiger partial charge < -0.3 is 10.2 Å². The van der Waals surface area contributed by atoms with Crippen molar-refractivity contribution in [1.82, 2.24) is 10.2 Å². The van der Waals surface area contributed by atoms with Crippen molar-refractivity contribution < 1.29 is 0 Å². The first kappa shape index (κ1) is 14.4. The summed E-state index contributed by atoms with van der Waals surface area (Å²) in [5.74, 6) is 2.16. The van der Waals surface area contributed by atoms with Crippen LogP contribution in [-0.4, -0.2) is 42.9 Å². The number of nitrogens with zero attached hydrogens (tertiary/aromatic N) is 1. The van der Waals surface area contributed by atoms with Gasteiger partial charge in [-0.3, -0.25) is 0 Å². The maximum absolute atomic E-state index is 3.68. The molecule has 0 amide bonds. The number of hydrogen-bond acceptors (Lipinski definition) is 3. The summed E-state index contributed by atoms with van der Waals surface area (Å²) < 4.78 is 0. The highest BCUT2D eigenvalue weighted by Crippen LogP contribution is 2.26. The standard InChI is InChI=1S/C17H26N2S/c1-2-5-16(6-3-1)20-14-13-19-11-8-15(9-12-19)17-7-4-10-18-17/h1-3,5-6,15,17-18H,4,7-14H2. The van der Waals surface area contributed by atoms with Crippen molar-refractivity contribution in [3.05, 3.63) is 30.3 Å². The molecule has 2 nitrogen and oxygen atoms in total. The van der Waals surface area contributed by atoms with Crippen LogP contribution in [0.5, 0.6) is 0 Å². The van der Waals surface area contributed by atoms with Crippen LogP contribution < -0.4 is 5.32 Å². The molecule has 2 heterocycles. The summed E-state index contributed by atoms with van der Waals surface area (Å²) in [6, 6.07) is 11.6. The van der Waals surface area contributed by atoms with Gasteiger partial charge in [0.25, 0.3) is 0 Å². The van der Waals surface area contributed by atoms with Crippen LogP contribution in [0.2, 0.25) is 0 Å². The van der Waals surface area contributed by atoms with Crippen LogP contribution in [0.1, 0.15) is 25.7 Å². The Morgan fingerprint density at radius 2 is 1.90 bits per heavy atom. The Labute approximate surface area is 127 Å². The van der Waals surface area contributed by atoms with E-state index in [4.69, 9.17) is 0 Å². The topological polar surface area (TPSA) is 15.3 Å². The van der Waals surface area contributed by atoms with E-state index < -0.39 is 0 Å². The Morgan fingerprint density at radius 3 is 2.60 bits per heavy atom. The molecule has 1 atom stereocenters. The molecule has 110 valence electrons. The van der Waals surface area contributed by atoms with E-state index in [1.54, 1.807) is 0 Å². The van der Waals surface area contributed by atoms with Crippen molar-refractivity contribution in [2.75, 3.05) is 31.9 Å². The van der Waals surface area contributed by atoms with Gasteiger partial charge in [0.1, 0.15) is 0 Å². The Morgan fingerprint density at radius 1 is 1.10 bits per heavy atom. The van der Waals surface area contributed by atoms with Crippen molar-refractivity contribution in [3.63, 3.8) is 0 Å². The lowest BCUT2D eigenvalue weighted by molar-refractivity contribution is 0.171. The summed E-state index contributed by atoms with van der Waals surface area (Å²) in [7, 11) is 0. The SMILES string of the molecule is c1ccc(SCCN2CCC(C3CCCN3)CC2)cc1. The number of thioether (sulfide) groups is 1. The summed E-state index contributed by atoms with van der Waals surface area (Å²) >= 11 is 1.99. The number of likely N-dealkylation sites (tertiary alicyclic amines) is 1. The second kappa shape index (κ2) is 7.48. The van der Waals surface area contributed by atoms with Gasteiger partial charge in [-0.1, -0.05) is 18.2 Å². The Kier molecular flexibility index (Phi) is 5.40. The molecule has 1 aromatic carbocycles. The quantitative estimate of drug-likeness (QED) is 0.838. The van der Waals surface area contributed by atoms with Gasteiger partial charge in [-0.2, -0.15) is 0 Å². The maximum atomic E-state index is 3.68. The molecule has 0 saturated carbocycles. The number of hydrogen-bond donors (Lipinski definition) is 1. The van der Waals surface area contributed by atoms with Gasteiger partial charge in [-0.15, -0.1) is 11.8 Å². The molecule has 0 bridgehead atoms. The Bertz CT molecular complexity index is 381. The van der Waals surface area contributed by atoms with E-state index in [1.165, 1.54) is 62.5 Å². The minimum Gasteiger partial charge on any atom is -0.314 e. The second-order valence-electron chi connectivity index (χ2n) is 6.04. The molecule has 2 fully saturated rings. The van der Waals surface area contributed by atoms with Crippen molar-refractivity contribution in [1.29, 1.82) is 0 Å². The van der Waals surface area contributed by atoms with Gasteiger partial charge in [0.2, 0.25) is 0 Å². The molecule has 2 aliphatic rings. The van der Waals surface area contributed by atoms with Crippen LogP contribution in [0, 0.1) is 5.92 Å². The molecule has 1 unspecified atom stereocenters. The van der Waals surface area contributed by atoms with Gasteiger partial charge in [-0.25, -0.2) is 0 Å². The highest BCUT2D eigenvalue weighted by Gasteiger charge is 2.27. The zero-order valence-corrected chi connectivity index (χ0v) is 13.1. The Balaban J connectivity index is 1.34. The summed E-state index contributed by atoms with van der Waals surface area (Å²) in [6.45, 7) is 5.10. The number of piperidine rings is 1. The lowest BCUT2D eigenvalue weighted by Gasteiger charge is -2.34. The van der Waals surface area contributed by atoms with E-state index in [1.807, 2.05) is 11.8 Å². The fourth-order valence-electron chi connectivity index (χ4n) is 3.50. The molecule has 2 aliphatic heterocycles. The Hall–Kier alpha value is -0.510. The third-order valence-corrected chi connectivity index (χ3v) is 5.71. The van der Waals surface area contributed by atoms with Gasteiger partial charge in [0, 0.05) is 23.2 Å². The summed E-state index contributed by atoms with van der Waals surface area (Å²) in [4.78, 5) is 4.05. The van der Waals surface area contributed by atoms with Crippen LogP contribution in [0.25, 0.3) is 0 Å². The van der Waals surface area contributed by atoms with Crippen LogP contribution in [0.15, 0.2) is 35.2 Å². The molecule has 1 N–H and O–H groups in total. The summed E-state index contributed by atoms with van der Waals surface area (Å²) in [6.07, 6.45) is 5.59. The van der Waals surface area contributed by atoms with E-state index in [0.717, 1.165) is 12.0 Å². The second-order valence-corrected chi connectivity index (χ2v) is 7.21. The number of nitrogens with one attached hydrogen (secondary N) is 1. The molecule has 0 aliphatic carbocycles. The maximum Gasteiger partial charge on any atom is 0.0108 e. The third kappa shape index (κ3) is 4.00. The third-order valence-electron chi connectivity index (χ3n) is 4.72. The normalized spacial score (nSPS) is 25.1. The fraction of sp³-hybridized carbons (Fsp3) is 0.647. The smallest absolute Gasteiger partial charge is 0.0108 e. The monoisotopic (exact) mass is 290 g/mol. The van der Waals surface area contributed by atoms with Crippen LogP contribution >= 0.6 is 11.8 Å². The predicted molar refractivity (Wildman–Crippen MR) is 87.4 cm³/mol. The van der Waals surface area contributed by atoms with Crippen LogP contribution in [0.4, 0.5) is 0 Å². The molecule has 2 saturated heterocycles. The molecule has 0 radical (unpaired) electrons. The molecule has 3 rings (SSSR count). The van der Waals surface area contributed by atoms with E-state index in [0.29, 0.717) is 0 Å². The molecule has 3 heteroatoms. The van der Waals surface area contributed by atoms with Crippen LogP contribution in [-0.2, 0) is 0 Å². The first-order chi connectivity index (χ1) is 9.92. The van der Waals surface area contributed by atoms with Crippen molar-refractivity contribution in [2.45, 2.75) is 36.6 Å². The molecule has 20 heavy (non-hydrogen) atoms. The molecule has 1 aromatic rings. The summed E-state index contributed by atoms with van der Waals surface area (Å²) in [5, 5.41) is 3.68. The molecular formula is C17H26N2S. The molecule has 0 spiro atoms. The van der Waals surface area contributed by atoms with E-state index >= 15 is 0 Å². The minimum atomic E-state index is 0.829. The lowest BCUT2D eigenvalue weighted by Crippen LogP contribution is -2.41. The van der Waals surface area contributed by atoms with Gasteiger partial charge >= 0.3 is 0 Å². The average molecular weight is 290 g/mol. The zero-order valence-electron chi connectivity index (χ0n) is 12.3. The molecule has 0 aromatic heterocycles. The first-order valence-electron chi connectivity index (χ1n) is 8.05. The highest BCUT2D eigenvalue weighted by molar-refractivity contribution is 7.99. The fourth-order valence-corrected chi connectivity index (χ4v) is 4.44. The first-order valence-corrected chi connectivity index (χ1v) is 9.04. The molecular weight excluding hydrogens is 264 g/mol. The zero-order chi connectivity index (χ0) is 13.6. The highest BCUT2D eigenvalue weighted by atomic mass is 32.2. The van der Waals surface area contributed by atoms with Gasteiger partial charge in [0.15, 0.2) is 0 Å². The number of rotatable bonds is 5. The average Bonchev–Trinajstić information content (AvgIpc) is 3.03. The van der Waals surface area contributed by atoms with Crippen LogP contribution in [0.3, 0.4) is 0 Å². The number of benzene rings is 1. The van der Waals surface area contributed by atoms with Crippen molar-refractivity contribution in [3.8, 4) is 0 Å². The van der Waals surface area contributed by atoms with Crippen molar-refractivity contribution in [2.24, 2.45) is 5.92 Å². The van der Waals surface area contributed by atoms with E-state index in [9.17, 15) is 0 Å². The lowest BCUT2D eigenvalue weighted by atomic mass is 9.88.